The molecule has 2 aliphatic heterocycles. The predicted octanol–water partition coefficient (Wildman–Crippen LogP) is -4.58. The minimum absolute atomic E-state index is 0.0154. The first-order valence-corrected chi connectivity index (χ1v) is 8.47. The lowest BCUT2D eigenvalue weighted by atomic mass is 9.92. The smallest absolute Gasteiger partial charge is 0.187 e. The molecular formula is C15H28O11. The van der Waals surface area contributed by atoms with Crippen LogP contribution >= 0.6 is 0 Å². The largest absolute Gasteiger partial charge is 0.394 e. The van der Waals surface area contributed by atoms with E-state index < -0.39 is 80.5 Å². The number of aliphatic hydroxyl groups excluding tert-OH is 8. The molecule has 0 amide bonds. The van der Waals surface area contributed by atoms with Crippen molar-refractivity contribution in [3.8, 4) is 0 Å². The molecule has 0 aliphatic carbocycles. The summed E-state index contributed by atoms with van der Waals surface area (Å²) < 4.78 is 16.1. The predicted molar refractivity (Wildman–Crippen MR) is 82.7 cm³/mol. The zero-order chi connectivity index (χ0) is 19.6. The summed E-state index contributed by atoms with van der Waals surface area (Å²) in [5.74, 6) is 0. The van der Waals surface area contributed by atoms with Crippen LogP contribution in [-0.2, 0) is 14.2 Å². The first-order valence-electron chi connectivity index (χ1n) is 8.47. The summed E-state index contributed by atoms with van der Waals surface area (Å²) in [7, 11) is 0. The van der Waals surface area contributed by atoms with E-state index in [0.717, 1.165) is 0 Å². The molecule has 3 unspecified atom stereocenters. The molecule has 26 heavy (non-hydrogen) atoms. The maximum atomic E-state index is 10.3. The zero-order valence-electron chi connectivity index (χ0n) is 14.3. The van der Waals surface area contributed by atoms with Crippen LogP contribution in [0.1, 0.15) is 13.3 Å². The van der Waals surface area contributed by atoms with Gasteiger partial charge in [-0.2, -0.15) is 0 Å². The van der Waals surface area contributed by atoms with E-state index in [9.17, 15) is 40.9 Å². The van der Waals surface area contributed by atoms with E-state index >= 15 is 0 Å². The molecule has 2 aliphatic rings. The molecule has 0 bridgehead atoms. The molecule has 2 saturated heterocycles. The van der Waals surface area contributed by atoms with Crippen LogP contribution in [-0.4, -0.2) is 121 Å². The van der Waals surface area contributed by atoms with Crippen LogP contribution in [0.25, 0.3) is 0 Å². The van der Waals surface area contributed by atoms with E-state index in [1.807, 2.05) is 0 Å². The lowest BCUT2D eigenvalue weighted by Crippen LogP contribution is -2.64. The molecule has 11 nitrogen and oxygen atoms in total. The second kappa shape index (κ2) is 9.17. The van der Waals surface area contributed by atoms with Gasteiger partial charge in [0.15, 0.2) is 6.29 Å². The van der Waals surface area contributed by atoms with Crippen LogP contribution in [0.5, 0.6) is 0 Å². The van der Waals surface area contributed by atoms with E-state index in [0.29, 0.717) is 0 Å². The van der Waals surface area contributed by atoms with Crippen LogP contribution in [0.2, 0.25) is 0 Å². The van der Waals surface area contributed by atoms with Crippen molar-refractivity contribution < 1.29 is 55.1 Å². The highest BCUT2D eigenvalue weighted by Crippen LogP contribution is 2.30. The van der Waals surface area contributed by atoms with Crippen molar-refractivity contribution in [2.24, 2.45) is 0 Å². The molecule has 8 N–H and O–H groups in total. The lowest BCUT2D eigenvalue weighted by molar-refractivity contribution is -0.342. The number of aliphatic hydroxyl groups is 8. The number of hydrogen-bond acceptors (Lipinski definition) is 11. The van der Waals surface area contributed by atoms with Gasteiger partial charge in [0.25, 0.3) is 0 Å². The first-order chi connectivity index (χ1) is 12.2. The Morgan fingerprint density at radius 3 is 1.88 bits per heavy atom. The van der Waals surface area contributed by atoms with Gasteiger partial charge in [0.2, 0.25) is 0 Å². The molecule has 0 saturated carbocycles. The molecule has 2 rings (SSSR count). The highest BCUT2D eigenvalue weighted by molar-refractivity contribution is 4.95. The van der Waals surface area contributed by atoms with Gasteiger partial charge < -0.3 is 55.1 Å². The second-order valence-electron chi connectivity index (χ2n) is 6.76. The van der Waals surface area contributed by atoms with Crippen LogP contribution < -0.4 is 0 Å². The Morgan fingerprint density at radius 1 is 0.769 bits per heavy atom. The standard InChI is InChI=1S/C15H28O11/c1-5(18)2-6-9(19)12(22)14(8(4-17)24-6)26-15-13(23)11(21)10(20)7(3-16)25-15/h5-23H,2-4H2,1H3/t5?,6-,7+,8+,9-,10-,11-,12+,13+,14?,15?/m0/s1. The van der Waals surface area contributed by atoms with Crippen molar-refractivity contribution >= 4 is 0 Å². The minimum Gasteiger partial charge on any atom is -0.394 e. The molecule has 11 atom stereocenters. The molecule has 0 aromatic rings. The summed E-state index contributed by atoms with van der Waals surface area (Å²) in [5.41, 5.74) is 0. The third-order valence-corrected chi connectivity index (χ3v) is 4.68. The van der Waals surface area contributed by atoms with Crippen LogP contribution in [0.4, 0.5) is 0 Å². The maximum Gasteiger partial charge on any atom is 0.187 e. The lowest BCUT2D eigenvalue weighted by Gasteiger charge is -2.46. The zero-order valence-corrected chi connectivity index (χ0v) is 14.3. The molecular weight excluding hydrogens is 356 g/mol. The number of ether oxygens (including phenoxy) is 3. The Bertz CT molecular complexity index is 432. The molecule has 2 heterocycles. The number of hydrogen-bond donors (Lipinski definition) is 8. The van der Waals surface area contributed by atoms with Crippen molar-refractivity contribution in [1.29, 1.82) is 0 Å². The van der Waals surface area contributed by atoms with Crippen molar-refractivity contribution in [1.82, 2.24) is 0 Å². The van der Waals surface area contributed by atoms with Gasteiger partial charge in [-0.05, 0) is 6.92 Å². The average Bonchev–Trinajstić information content (AvgIpc) is 2.60. The summed E-state index contributed by atoms with van der Waals surface area (Å²) in [6.45, 7) is 0.228. The Kier molecular flexibility index (Phi) is 7.71. The van der Waals surface area contributed by atoms with Gasteiger partial charge in [0.05, 0.1) is 25.4 Å². The molecule has 11 heteroatoms. The third-order valence-electron chi connectivity index (χ3n) is 4.68. The Labute approximate surface area is 150 Å². The molecule has 0 aromatic carbocycles. The van der Waals surface area contributed by atoms with Crippen molar-refractivity contribution in [3.05, 3.63) is 0 Å². The Morgan fingerprint density at radius 2 is 1.35 bits per heavy atom. The first kappa shape index (κ1) is 21.9. The molecule has 154 valence electrons. The highest BCUT2D eigenvalue weighted by Gasteiger charge is 2.50. The van der Waals surface area contributed by atoms with Crippen molar-refractivity contribution in [2.45, 2.75) is 80.7 Å². The Hall–Kier alpha value is -0.440. The van der Waals surface area contributed by atoms with Gasteiger partial charge in [-0.1, -0.05) is 0 Å². The van der Waals surface area contributed by atoms with Gasteiger partial charge in [-0.15, -0.1) is 0 Å². The van der Waals surface area contributed by atoms with Crippen LogP contribution in [0, 0.1) is 0 Å². The van der Waals surface area contributed by atoms with Gasteiger partial charge in [0.1, 0.15) is 48.8 Å². The fraction of sp³-hybridized carbons (Fsp3) is 1.00. The van der Waals surface area contributed by atoms with E-state index in [4.69, 9.17) is 14.2 Å². The van der Waals surface area contributed by atoms with Gasteiger partial charge in [0, 0.05) is 6.42 Å². The van der Waals surface area contributed by atoms with E-state index in [2.05, 4.69) is 0 Å². The molecule has 0 radical (unpaired) electrons. The normalized spacial score (nSPS) is 48.3. The van der Waals surface area contributed by atoms with Crippen molar-refractivity contribution in [2.75, 3.05) is 13.2 Å². The molecule has 0 spiro atoms. The maximum absolute atomic E-state index is 10.3. The SMILES string of the molecule is CC(O)C[C@@H]1O[C@H](CO)C(OC2O[C@H](CO)[C@H](O)[C@H](O)[C@H]2O)[C@H](O)[C@H]1O. The number of rotatable bonds is 6. The quantitative estimate of drug-likeness (QED) is 0.220. The average molecular weight is 384 g/mol. The summed E-state index contributed by atoms with van der Waals surface area (Å²) in [4.78, 5) is 0. The monoisotopic (exact) mass is 384 g/mol. The second-order valence-corrected chi connectivity index (χ2v) is 6.76. The summed E-state index contributed by atoms with van der Waals surface area (Å²) in [5, 5.41) is 78.2. The molecule has 0 aromatic heterocycles. The van der Waals surface area contributed by atoms with Crippen LogP contribution in [0.15, 0.2) is 0 Å². The third kappa shape index (κ3) is 4.51. The van der Waals surface area contributed by atoms with Crippen LogP contribution in [0.3, 0.4) is 0 Å². The van der Waals surface area contributed by atoms with Gasteiger partial charge in [-0.25, -0.2) is 0 Å². The van der Waals surface area contributed by atoms with Gasteiger partial charge in [-0.3, -0.25) is 0 Å². The van der Waals surface area contributed by atoms with E-state index in [1.54, 1.807) is 0 Å². The molecule has 2 fully saturated rings. The fourth-order valence-electron chi connectivity index (χ4n) is 3.20. The van der Waals surface area contributed by atoms with Crippen molar-refractivity contribution in [3.63, 3.8) is 0 Å². The summed E-state index contributed by atoms with van der Waals surface area (Å²) in [6, 6.07) is 0. The summed E-state index contributed by atoms with van der Waals surface area (Å²) in [6.07, 6.45) is -14.9. The van der Waals surface area contributed by atoms with E-state index in [1.165, 1.54) is 6.92 Å². The van der Waals surface area contributed by atoms with E-state index in [-0.39, 0.29) is 6.42 Å². The van der Waals surface area contributed by atoms with Gasteiger partial charge >= 0.3 is 0 Å². The summed E-state index contributed by atoms with van der Waals surface area (Å²) >= 11 is 0. The highest BCUT2D eigenvalue weighted by atomic mass is 16.7. The fourth-order valence-corrected chi connectivity index (χ4v) is 3.20. The topological polar surface area (TPSA) is 190 Å². The minimum atomic E-state index is -1.70. The Balaban J connectivity index is 2.11.